The van der Waals surface area contributed by atoms with Crippen LogP contribution in [0.25, 0.3) is 5.65 Å². The number of rotatable bonds is 4. The molecule has 0 aliphatic rings. The van der Waals surface area contributed by atoms with E-state index in [1.165, 1.54) is 12.1 Å². The molecule has 3 rings (SSSR count). The van der Waals surface area contributed by atoms with Gasteiger partial charge in [0.1, 0.15) is 11.9 Å². The molecule has 0 atom stereocenters. The molecule has 0 amide bonds. The topological polar surface area (TPSA) is 122 Å². The molecule has 22 heavy (non-hydrogen) atoms. The van der Waals surface area contributed by atoms with Crippen LogP contribution in [0.5, 0.6) is 0 Å². The third-order valence-electron chi connectivity index (χ3n) is 2.99. The van der Waals surface area contributed by atoms with Gasteiger partial charge in [0.25, 0.3) is 0 Å². The van der Waals surface area contributed by atoms with Gasteiger partial charge in [-0.25, -0.2) is 4.98 Å². The van der Waals surface area contributed by atoms with Gasteiger partial charge in [-0.2, -0.15) is 5.26 Å². The molecule has 0 spiro atoms. The number of pyridine rings is 2. The van der Waals surface area contributed by atoms with E-state index in [1.54, 1.807) is 6.07 Å². The Hall–Kier alpha value is -3.54. The molecule has 0 unspecified atom stereocenters. The zero-order valence-corrected chi connectivity index (χ0v) is 11.2. The van der Waals surface area contributed by atoms with Crippen LogP contribution in [0.15, 0.2) is 36.5 Å². The first-order valence-electron chi connectivity index (χ1n) is 6.27. The van der Waals surface area contributed by atoms with Gasteiger partial charge in [-0.15, -0.1) is 10.2 Å². The Balaban J connectivity index is 1.82. The van der Waals surface area contributed by atoms with Gasteiger partial charge in [0.15, 0.2) is 11.5 Å². The molecule has 3 aromatic heterocycles. The second-order valence-electron chi connectivity index (χ2n) is 4.33. The van der Waals surface area contributed by atoms with E-state index in [2.05, 4.69) is 20.5 Å². The molecular weight excluding hydrogens is 286 g/mol. The van der Waals surface area contributed by atoms with Crippen LogP contribution in [0, 0.1) is 21.4 Å². The van der Waals surface area contributed by atoms with Crippen molar-refractivity contribution in [2.45, 2.75) is 6.54 Å². The number of aromatic nitrogens is 4. The smallest absolute Gasteiger partial charge is 0.305 e. The molecule has 0 saturated carbocycles. The Bertz CT molecular complexity index is 897. The molecule has 3 aromatic rings. The van der Waals surface area contributed by atoms with Gasteiger partial charge in [-0.1, -0.05) is 6.07 Å². The standard InChI is InChI=1S/C13H9N7O2/c14-7-9-10(20(21)22)4-5-11(16-9)15-8-13-18-17-12-3-1-2-6-19(12)13/h1-6H,8H2,(H,15,16). The van der Waals surface area contributed by atoms with Crippen molar-refractivity contribution in [3.05, 3.63) is 58.2 Å². The average Bonchev–Trinajstić information content (AvgIpc) is 2.95. The fourth-order valence-electron chi connectivity index (χ4n) is 1.96. The fourth-order valence-corrected chi connectivity index (χ4v) is 1.96. The number of anilines is 1. The molecular formula is C13H9N7O2. The normalized spacial score (nSPS) is 10.3. The van der Waals surface area contributed by atoms with E-state index < -0.39 is 4.92 Å². The Morgan fingerprint density at radius 1 is 1.32 bits per heavy atom. The van der Waals surface area contributed by atoms with Gasteiger partial charge >= 0.3 is 5.69 Å². The number of nitrogens with one attached hydrogen (secondary N) is 1. The minimum absolute atomic E-state index is 0.235. The van der Waals surface area contributed by atoms with E-state index in [-0.39, 0.29) is 11.4 Å². The van der Waals surface area contributed by atoms with Crippen molar-refractivity contribution in [1.82, 2.24) is 19.6 Å². The number of nitrogens with zero attached hydrogens (tertiary/aromatic N) is 6. The minimum atomic E-state index is -0.638. The first kappa shape index (κ1) is 13.4. The van der Waals surface area contributed by atoms with Gasteiger partial charge in [0, 0.05) is 12.3 Å². The minimum Gasteiger partial charge on any atom is -0.363 e. The van der Waals surface area contributed by atoms with E-state index in [9.17, 15) is 10.1 Å². The predicted octanol–water partition coefficient (Wildman–Crippen LogP) is 1.52. The first-order chi connectivity index (χ1) is 10.7. The van der Waals surface area contributed by atoms with Crippen molar-refractivity contribution >= 4 is 17.2 Å². The van der Waals surface area contributed by atoms with Crippen molar-refractivity contribution < 1.29 is 4.92 Å². The largest absolute Gasteiger partial charge is 0.363 e. The summed E-state index contributed by atoms with van der Waals surface area (Å²) in [5.74, 6) is 1.02. The van der Waals surface area contributed by atoms with Crippen molar-refractivity contribution in [3.8, 4) is 6.07 Å². The fraction of sp³-hybridized carbons (Fsp3) is 0.0769. The summed E-state index contributed by atoms with van der Waals surface area (Å²) < 4.78 is 1.81. The molecule has 0 fully saturated rings. The quantitative estimate of drug-likeness (QED) is 0.571. The summed E-state index contributed by atoms with van der Waals surface area (Å²) in [4.78, 5) is 14.0. The van der Waals surface area contributed by atoms with Crippen molar-refractivity contribution in [2.24, 2.45) is 0 Å². The zero-order valence-electron chi connectivity index (χ0n) is 11.2. The average molecular weight is 295 g/mol. The van der Waals surface area contributed by atoms with Crippen LogP contribution in [0.2, 0.25) is 0 Å². The van der Waals surface area contributed by atoms with Gasteiger partial charge in [-0.05, 0) is 18.2 Å². The summed E-state index contributed by atoms with van der Waals surface area (Å²) in [5, 5.41) is 30.7. The lowest BCUT2D eigenvalue weighted by atomic mass is 10.3. The SMILES string of the molecule is N#Cc1nc(NCc2nnc3ccccn23)ccc1[N+](=O)[O-]. The van der Waals surface area contributed by atoms with Gasteiger partial charge in [0.05, 0.1) is 11.5 Å². The highest BCUT2D eigenvalue weighted by Crippen LogP contribution is 2.18. The van der Waals surface area contributed by atoms with Crippen LogP contribution in [-0.4, -0.2) is 24.5 Å². The van der Waals surface area contributed by atoms with Crippen molar-refractivity contribution in [2.75, 3.05) is 5.32 Å². The summed E-state index contributed by atoms with van der Waals surface area (Å²) in [7, 11) is 0. The zero-order chi connectivity index (χ0) is 15.5. The van der Waals surface area contributed by atoms with Crippen LogP contribution in [0.3, 0.4) is 0 Å². The van der Waals surface area contributed by atoms with Crippen LogP contribution < -0.4 is 5.32 Å². The molecule has 0 aliphatic carbocycles. The van der Waals surface area contributed by atoms with Crippen molar-refractivity contribution in [3.63, 3.8) is 0 Å². The van der Waals surface area contributed by atoms with Crippen LogP contribution >= 0.6 is 0 Å². The maximum Gasteiger partial charge on any atom is 0.305 e. The lowest BCUT2D eigenvalue weighted by molar-refractivity contribution is -0.385. The number of nitro groups is 1. The summed E-state index contributed by atoms with van der Waals surface area (Å²) in [6.45, 7) is 0.320. The first-order valence-corrected chi connectivity index (χ1v) is 6.27. The Kier molecular flexibility index (Phi) is 3.33. The Labute approximate surface area is 124 Å². The lowest BCUT2D eigenvalue weighted by Crippen LogP contribution is -2.06. The Morgan fingerprint density at radius 3 is 2.95 bits per heavy atom. The highest BCUT2D eigenvalue weighted by Gasteiger charge is 2.15. The molecule has 0 aromatic carbocycles. The maximum atomic E-state index is 10.8. The van der Waals surface area contributed by atoms with Gasteiger partial charge in [0.2, 0.25) is 5.69 Å². The van der Waals surface area contributed by atoms with Gasteiger partial charge < -0.3 is 5.32 Å². The van der Waals surface area contributed by atoms with Crippen LogP contribution in [0.1, 0.15) is 11.5 Å². The summed E-state index contributed by atoms with van der Waals surface area (Å²) in [6, 6.07) is 9.95. The highest BCUT2D eigenvalue weighted by molar-refractivity contribution is 5.50. The van der Waals surface area contributed by atoms with E-state index in [0.29, 0.717) is 23.8 Å². The summed E-state index contributed by atoms with van der Waals surface area (Å²) >= 11 is 0. The molecule has 0 aliphatic heterocycles. The molecule has 0 bridgehead atoms. The monoisotopic (exact) mass is 295 g/mol. The number of hydrogen-bond donors (Lipinski definition) is 1. The lowest BCUT2D eigenvalue weighted by Gasteiger charge is -2.04. The van der Waals surface area contributed by atoms with Crippen molar-refractivity contribution in [1.29, 1.82) is 5.26 Å². The molecule has 3 heterocycles. The summed E-state index contributed by atoms with van der Waals surface area (Å²) in [6.07, 6.45) is 1.83. The molecule has 0 radical (unpaired) electrons. The number of fused-ring (bicyclic) bond motifs is 1. The number of nitriles is 1. The molecule has 108 valence electrons. The molecule has 0 saturated heterocycles. The van der Waals surface area contributed by atoms with E-state index in [4.69, 9.17) is 5.26 Å². The molecule has 9 nitrogen and oxygen atoms in total. The van der Waals surface area contributed by atoms with E-state index in [0.717, 1.165) is 0 Å². The van der Waals surface area contributed by atoms with Gasteiger partial charge in [-0.3, -0.25) is 14.5 Å². The maximum absolute atomic E-state index is 10.8. The Morgan fingerprint density at radius 2 is 2.18 bits per heavy atom. The van der Waals surface area contributed by atoms with Crippen LogP contribution in [-0.2, 0) is 6.54 Å². The molecule has 9 heteroatoms. The third kappa shape index (κ3) is 2.40. The van der Waals surface area contributed by atoms with E-state index in [1.807, 2.05) is 28.8 Å². The van der Waals surface area contributed by atoms with E-state index >= 15 is 0 Å². The second-order valence-corrected chi connectivity index (χ2v) is 4.33. The highest BCUT2D eigenvalue weighted by atomic mass is 16.6. The number of hydrogen-bond acceptors (Lipinski definition) is 7. The predicted molar refractivity (Wildman–Crippen MR) is 75.9 cm³/mol. The van der Waals surface area contributed by atoms with Crippen LogP contribution in [0.4, 0.5) is 11.5 Å². The summed E-state index contributed by atoms with van der Waals surface area (Å²) in [5.41, 5.74) is 0.163. The third-order valence-corrected chi connectivity index (χ3v) is 2.99. The second kappa shape index (κ2) is 5.45. The molecule has 1 N–H and O–H groups in total.